The molecular formula is C21H36N4O2. The number of piperidine rings is 1. The number of aliphatic imine (C=N–C) groups is 1. The molecule has 1 aliphatic heterocycles. The van der Waals surface area contributed by atoms with Crippen molar-refractivity contribution in [3.63, 3.8) is 0 Å². The summed E-state index contributed by atoms with van der Waals surface area (Å²) in [5.74, 6) is 3.18. The lowest BCUT2D eigenvalue weighted by Crippen LogP contribution is -2.43. The first kappa shape index (κ1) is 21.4. The summed E-state index contributed by atoms with van der Waals surface area (Å²) >= 11 is 0. The molecule has 0 bridgehead atoms. The van der Waals surface area contributed by atoms with Gasteiger partial charge in [0.05, 0.1) is 20.8 Å². The zero-order chi connectivity index (χ0) is 19.5. The van der Waals surface area contributed by atoms with Crippen molar-refractivity contribution in [2.45, 2.75) is 39.7 Å². The highest BCUT2D eigenvalue weighted by Gasteiger charge is 2.18. The van der Waals surface area contributed by atoms with Gasteiger partial charge in [-0.05, 0) is 63.9 Å². The number of hydrogen-bond acceptors (Lipinski definition) is 4. The van der Waals surface area contributed by atoms with Crippen molar-refractivity contribution >= 4 is 5.96 Å². The first-order chi connectivity index (χ1) is 13.2. The predicted molar refractivity (Wildman–Crippen MR) is 112 cm³/mol. The minimum atomic E-state index is 0.567. The average molecular weight is 377 g/mol. The van der Waals surface area contributed by atoms with E-state index in [9.17, 15) is 0 Å². The van der Waals surface area contributed by atoms with Crippen LogP contribution in [0.1, 0.15) is 38.7 Å². The van der Waals surface area contributed by atoms with Crippen LogP contribution in [0.4, 0.5) is 0 Å². The van der Waals surface area contributed by atoms with E-state index in [2.05, 4.69) is 29.4 Å². The van der Waals surface area contributed by atoms with E-state index in [0.29, 0.717) is 6.54 Å². The first-order valence-corrected chi connectivity index (χ1v) is 10.2. The van der Waals surface area contributed by atoms with E-state index in [-0.39, 0.29) is 0 Å². The lowest BCUT2D eigenvalue weighted by Gasteiger charge is -2.32. The monoisotopic (exact) mass is 376 g/mol. The lowest BCUT2D eigenvalue weighted by atomic mass is 9.97. The van der Waals surface area contributed by atoms with Gasteiger partial charge in [-0.3, -0.25) is 0 Å². The lowest BCUT2D eigenvalue weighted by molar-refractivity contribution is 0.185. The van der Waals surface area contributed by atoms with Gasteiger partial charge < -0.3 is 25.0 Å². The summed E-state index contributed by atoms with van der Waals surface area (Å²) in [4.78, 5) is 7.31. The van der Waals surface area contributed by atoms with E-state index in [1.54, 1.807) is 14.2 Å². The van der Waals surface area contributed by atoms with Crippen LogP contribution < -0.4 is 20.1 Å². The second-order valence-electron chi connectivity index (χ2n) is 7.04. The van der Waals surface area contributed by atoms with E-state index in [0.717, 1.165) is 42.0 Å². The van der Waals surface area contributed by atoms with Crippen LogP contribution in [0.5, 0.6) is 11.5 Å². The number of nitrogens with zero attached hydrogens (tertiary/aromatic N) is 2. The number of methoxy groups -OCH3 is 2. The molecule has 1 fully saturated rings. The van der Waals surface area contributed by atoms with Crippen molar-refractivity contribution in [2.75, 3.05) is 46.9 Å². The van der Waals surface area contributed by atoms with Gasteiger partial charge in [-0.25, -0.2) is 4.99 Å². The summed E-state index contributed by atoms with van der Waals surface area (Å²) in [5, 5.41) is 6.87. The Balaban J connectivity index is 1.89. The van der Waals surface area contributed by atoms with Gasteiger partial charge in [-0.2, -0.15) is 0 Å². The Hall–Kier alpha value is -1.95. The number of benzene rings is 1. The summed E-state index contributed by atoms with van der Waals surface area (Å²) in [5.41, 5.74) is 1.04. The maximum absolute atomic E-state index is 5.47. The van der Waals surface area contributed by atoms with Crippen molar-refractivity contribution in [3.8, 4) is 11.5 Å². The van der Waals surface area contributed by atoms with Gasteiger partial charge in [0.1, 0.15) is 11.5 Å². The molecule has 2 N–H and O–H groups in total. The van der Waals surface area contributed by atoms with Crippen LogP contribution in [0.3, 0.4) is 0 Å². The molecule has 1 aliphatic rings. The summed E-state index contributed by atoms with van der Waals surface area (Å²) in [6, 6.07) is 5.85. The molecule has 0 amide bonds. The number of rotatable bonds is 9. The summed E-state index contributed by atoms with van der Waals surface area (Å²) < 4.78 is 10.7. The molecule has 6 nitrogen and oxygen atoms in total. The molecule has 2 rings (SSSR count). The zero-order valence-corrected chi connectivity index (χ0v) is 17.4. The highest BCUT2D eigenvalue weighted by atomic mass is 16.5. The summed E-state index contributed by atoms with van der Waals surface area (Å²) in [6.07, 6.45) is 3.77. The molecule has 27 heavy (non-hydrogen) atoms. The molecule has 0 saturated carbocycles. The minimum absolute atomic E-state index is 0.567. The topological polar surface area (TPSA) is 58.1 Å². The smallest absolute Gasteiger partial charge is 0.191 e. The largest absolute Gasteiger partial charge is 0.497 e. The highest BCUT2D eigenvalue weighted by molar-refractivity contribution is 5.79. The Morgan fingerprint density at radius 1 is 1.15 bits per heavy atom. The van der Waals surface area contributed by atoms with Crippen LogP contribution in [0.15, 0.2) is 23.2 Å². The van der Waals surface area contributed by atoms with Gasteiger partial charge in [-0.15, -0.1) is 0 Å². The molecule has 0 aromatic heterocycles. The average Bonchev–Trinajstić information content (AvgIpc) is 2.71. The Morgan fingerprint density at radius 3 is 2.56 bits per heavy atom. The fraction of sp³-hybridized carbons (Fsp3) is 0.667. The van der Waals surface area contributed by atoms with Crippen molar-refractivity contribution in [1.82, 2.24) is 15.5 Å². The fourth-order valence-corrected chi connectivity index (χ4v) is 3.46. The fourth-order valence-electron chi connectivity index (χ4n) is 3.46. The van der Waals surface area contributed by atoms with Gasteiger partial charge in [0, 0.05) is 24.7 Å². The Labute approximate surface area is 164 Å². The third kappa shape index (κ3) is 6.94. The number of ether oxygens (including phenoxy) is 2. The maximum atomic E-state index is 5.47. The molecule has 152 valence electrons. The minimum Gasteiger partial charge on any atom is -0.497 e. The molecule has 1 heterocycles. The van der Waals surface area contributed by atoms with Crippen molar-refractivity contribution < 1.29 is 9.47 Å². The van der Waals surface area contributed by atoms with Crippen LogP contribution in [-0.4, -0.2) is 57.8 Å². The molecule has 0 unspecified atom stereocenters. The third-order valence-electron chi connectivity index (χ3n) is 5.05. The van der Waals surface area contributed by atoms with Crippen LogP contribution in [-0.2, 0) is 6.54 Å². The standard InChI is InChI=1S/C21H36N4O2/c1-5-11-25-12-9-17(10-13-25)15-23-21(22-6-2)24-16-18-7-8-19(26-3)14-20(18)27-4/h7-8,14,17H,5-6,9-13,15-16H2,1-4H3,(H2,22,23,24). The Kier molecular flexibility index (Phi) is 9.25. The molecule has 1 saturated heterocycles. The first-order valence-electron chi connectivity index (χ1n) is 10.2. The third-order valence-corrected chi connectivity index (χ3v) is 5.05. The number of hydrogen-bond donors (Lipinski definition) is 2. The molecule has 0 radical (unpaired) electrons. The summed E-state index contributed by atoms with van der Waals surface area (Å²) in [6.45, 7) is 10.4. The van der Waals surface area contributed by atoms with Crippen LogP contribution in [0, 0.1) is 5.92 Å². The van der Waals surface area contributed by atoms with Gasteiger partial charge in [0.25, 0.3) is 0 Å². The van der Waals surface area contributed by atoms with Gasteiger partial charge >= 0.3 is 0 Å². The normalized spacial score (nSPS) is 16.2. The van der Waals surface area contributed by atoms with E-state index in [1.807, 2.05) is 18.2 Å². The van der Waals surface area contributed by atoms with Crippen molar-refractivity contribution in [3.05, 3.63) is 23.8 Å². The van der Waals surface area contributed by atoms with Crippen LogP contribution >= 0.6 is 0 Å². The molecule has 0 atom stereocenters. The van der Waals surface area contributed by atoms with Crippen molar-refractivity contribution in [2.24, 2.45) is 10.9 Å². The van der Waals surface area contributed by atoms with Gasteiger partial charge in [0.2, 0.25) is 0 Å². The van der Waals surface area contributed by atoms with Crippen LogP contribution in [0.2, 0.25) is 0 Å². The molecule has 0 aliphatic carbocycles. The zero-order valence-electron chi connectivity index (χ0n) is 17.4. The second kappa shape index (κ2) is 11.7. The molecule has 6 heteroatoms. The predicted octanol–water partition coefficient (Wildman–Crippen LogP) is 2.88. The number of nitrogens with one attached hydrogen (secondary N) is 2. The molecule has 1 aromatic rings. The molecule has 0 spiro atoms. The van der Waals surface area contributed by atoms with Crippen LogP contribution in [0.25, 0.3) is 0 Å². The number of likely N-dealkylation sites (tertiary alicyclic amines) is 1. The Bertz CT molecular complexity index is 584. The SMILES string of the molecule is CCCN1CCC(CNC(=NCc2ccc(OC)cc2OC)NCC)CC1. The number of guanidine groups is 1. The molecule has 1 aromatic carbocycles. The Morgan fingerprint density at radius 2 is 1.93 bits per heavy atom. The van der Waals surface area contributed by atoms with Gasteiger partial charge in [-0.1, -0.05) is 6.92 Å². The van der Waals surface area contributed by atoms with E-state index in [4.69, 9.17) is 14.5 Å². The second-order valence-corrected chi connectivity index (χ2v) is 7.04. The maximum Gasteiger partial charge on any atom is 0.191 e. The quantitative estimate of drug-likeness (QED) is 0.513. The highest BCUT2D eigenvalue weighted by Crippen LogP contribution is 2.25. The summed E-state index contributed by atoms with van der Waals surface area (Å²) in [7, 11) is 3.34. The molecular weight excluding hydrogens is 340 g/mol. The van der Waals surface area contributed by atoms with E-state index in [1.165, 1.54) is 38.9 Å². The van der Waals surface area contributed by atoms with Crippen molar-refractivity contribution in [1.29, 1.82) is 0 Å². The van der Waals surface area contributed by atoms with E-state index >= 15 is 0 Å². The van der Waals surface area contributed by atoms with Gasteiger partial charge in [0.15, 0.2) is 5.96 Å². The van der Waals surface area contributed by atoms with E-state index < -0.39 is 0 Å².